The number of rotatable bonds is 6. The Bertz CT molecular complexity index is 1100. The molecule has 0 atom stereocenters. The maximum absolute atomic E-state index is 12.7. The maximum atomic E-state index is 12.7. The van der Waals surface area contributed by atoms with Crippen LogP contribution < -0.4 is 5.32 Å². The Kier molecular flexibility index (Phi) is 5.65. The number of hydrogen-bond donors (Lipinski definition) is 1. The van der Waals surface area contributed by atoms with Gasteiger partial charge in [0, 0.05) is 64.7 Å². The second-order valence-electron chi connectivity index (χ2n) is 8.08. The van der Waals surface area contributed by atoms with Gasteiger partial charge in [0.1, 0.15) is 0 Å². The molecule has 31 heavy (non-hydrogen) atoms. The highest BCUT2D eigenvalue weighted by Gasteiger charge is 2.29. The molecule has 1 aromatic heterocycles. The molecule has 5 rings (SSSR count). The van der Waals surface area contributed by atoms with Gasteiger partial charge in [0.05, 0.1) is 0 Å². The number of carbonyl (C=O) groups excluding carboxylic acids is 1. The molecule has 2 aliphatic rings. The minimum Gasteiger partial charge on any atom is -0.420 e. The average molecular weight is 437 g/mol. The van der Waals surface area contributed by atoms with Crippen molar-refractivity contribution < 1.29 is 13.4 Å². The molecule has 8 heteroatoms. The molecule has 2 heterocycles. The highest BCUT2D eigenvalue weighted by Crippen LogP contribution is 2.39. The fourth-order valence-electron chi connectivity index (χ4n) is 3.65. The van der Waals surface area contributed by atoms with Crippen LogP contribution in [0.3, 0.4) is 0 Å². The molecule has 7 nitrogen and oxygen atoms in total. The van der Waals surface area contributed by atoms with Crippen LogP contribution in [-0.2, 0) is 17.3 Å². The van der Waals surface area contributed by atoms with Crippen LogP contribution in [0.4, 0.5) is 5.69 Å². The van der Waals surface area contributed by atoms with Crippen LogP contribution in [0, 0.1) is 0 Å². The summed E-state index contributed by atoms with van der Waals surface area (Å²) in [5.74, 6) is 2.94. The van der Waals surface area contributed by atoms with E-state index in [0.717, 1.165) is 55.1 Å². The molecule has 1 aliphatic carbocycles. The standard InChI is InChI=1S/C23H24N4O3S/c28-21(19-3-1-2-16(14-19)15-27-10-12-31(29)13-11-27)24-20-8-6-18(7-9-20)23-26-25-22(30-23)17-4-5-17/h1-3,6-9,14,17H,4-5,10-13,15H2,(H,24,28). The summed E-state index contributed by atoms with van der Waals surface area (Å²) in [5.41, 5.74) is 3.24. The summed E-state index contributed by atoms with van der Waals surface area (Å²) in [6, 6.07) is 15.1. The Morgan fingerprint density at radius 2 is 1.87 bits per heavy atom. The van der Waals surface area contributed by atoms with Crippen molar-refractivity contribution in [3.63, 3.8) is 0 Å². The largest absolute Gasteiger partial charge is 0.420 e. The molecule has 2 aromatic carbocycles. The van der Waals surface area contributed by atoms with Crippen LogP contribution in [0.5, 0.6) is 0 Å². The monoisotopic (exact) mass is 436 g/mol. The number of amides is 1. The molecule has 1 saturated carbocycles. The molecule has 0 bridgehead atoms. The molecule has 3 aromatic rings. The Balaban J connectivity index is 1.22. The number of nitrogens with zero attached hydrogens (tertiary/aromatic N) is 3. The van der Waals surface area contributed by atoms with Gasteiger partial charge in [-0.2, -0.15) is 0 Å². The maximum Gasteiger partial charge on any atom is 0.255 e. The minimum atomic E-state index is -0.685. The molecule has 0 spiro atoms. The van der Waals surface area contributed by atoms with Crippen LogP contribution in [0.25, 0.3) is 11.5 Å². The lowest BCUT2D eigenvalue weighted by Gasteiger charge is -2.26. The Morgan fingerprint density at radius 1 is 1.10 bits per heavy atom. The van der Waals surface area contributed by atoms with Crippen molar-refractivity contribution in [3.05, 3.63) is 65.5 Å². The lowest BCUT2D eigenvalue weighted by Crippen LogP contribution is -2.37. The fraction of sp³-hybridized carbons (Fsp3) is 0.348. The Labute approximate surface area is 183 Å². The van der Waals surface area contributed by atoms with Crippen molar-refractivity contribution in [2.45, 2.75) is 25.3 Å². The second kappa shape index (κ2) is 8.72. The SMILES string of the molecule is O=C(Nc1ccc(-c2nnc(C3CC3)o2)cc1)c1cccc(CN2CCS(=O)CC2)c1. The van der Waals surface area contributed by atoms with Gasteiger partial charge in [0.25, 0.3) is 5.91 Å². The summed E-state index contributed by atoms with van der Waals surface area (Å²) in [4.78, 5) is 15.0. The molecule has 1 N–H and O–H groups in total. The van der Waals surface area contributed by atoms with E-state index in [1.165, 1.54) is 0 Å². The first-order valence-corrected chi connectivity index (χ1v) is 12.0. The first kappa shape index (κ1) is 20.1. The lowest BCUT2D eigenvalue weighted by atomic mass is 10.1. The van der Waals surface area contributed by atoms with Crippen molar-refractivity contribution in [2.24, 2.45) is 0 Å². The van der Waals surface area contributed by atoms with Crippen LogP contribution >= 0.6 is 0 Å². The van der Waals surface area contributed by atoms with Crippen LogP contribution in [0.15, 0.2) is 52.9 Å². The van der Waals surface area contributed by atoms with Gasteiger partial charge in [0.2, 0.25) is 11.8 Å². The molecule has 1 amide bonds. The Morgan fingerprint density at radius 3 is 2.61 bits per heavy atom. The van der Waals surface area contributed by atoms with E-state index in [2.05, 4.69) is 20.4 Å². The van der Waals surface area contributed by atoms with Crippen LogP contribution in [0.1, 0.15) is 40.6 Å². The number of hydrogen-bond acceptors (Lipinski definition) is 6. The first-order chi connectivity index (χ1) is 15.1. The van der Waals surface area contributed by atoms with E-state index >= 15 is 0 Å². The summed E-state index contributed by atoms with van der Waals surface area (Å²) in [6.07, 6.45) is 2.24. The van der Waals surface area contributed by atoms with Gasteiger partial charge in [-0.3, -0.25) is 13.9 Å². The van der Waals surface area contributed by atoms with Gasteiger partial charge >= 0.3 is 0 Å². The fourth-order valence-corrected chi connectivity index (χ4v) is 4.78. The number of carbonyl (C=O) groups is 1. The van der Waals surface area contributed by atoms with Gasteiger partial charge in [-0.25, -0.2) is 0 Å². The normalized spacial score (nSPS) is 17.5. The van der Waals surface area contributed by atoms with Crippen molar-refractivity contribution in [1.82, 2.24) is 15.1 Å². The van der Waals surface area contributed by atoms with Crippen LogP contribution in [0.2, 0.25) is 0 Å². The molecule has 160 valence electrons. The smallest absolute Gasteiger partial charge is 0.255 e. The van der Waals surface area contributed by atoms with E-state index in [-0.39, 0.29) is 5.91 Å². The highest BCUT2D eigenvalue weighted by atomic mass is 32.2. The zero-order valence-electron chi connectivity index (χ0n) is 17.1. The van der Waals surface area contributed by atoms with Crippen molar-refractivity contribution in [3.8, 4) is 11.5 Å². The zero-order valence-corrected chi connectivity index (χ0v) is 17.9. The Hall–Kier alpha value is -2.84. The summed E-state index contributed by atoms with van der Waals surface area (Å²) in [5, 5.41) is 11.2. The van der Waals surface area contributed by atoms with E-state index in [1.807, 2.05) is 48.5 Å². The second-order valence-corrected chi connectivity index (χ2v) is 9.77. The molecular formula is C23H24N4O3S. The summed E-state index contributed by atoms with van der Waals surface area (Å²) in [6.45, 7) is 2.43. The summed E-state index contributed by atoms with van der Waals surface area (Å²) >= 11 is 0. The molecule has 1 saturated heterocycles. The third-order valence-electron chi connectivity index (χ3n) is 5.62. The predicted octanol–water partition coefficient (Wildman–Crippen LogP) is 3.43. The quantitative estimate of drug-likeness (QED) is 0.637. The van der Waals surface area contributed by atoms with E-state index in [0.29, 0.717) is 29.0 Å². The van der Waals surface area contributed by atoms with E-state index in [4.69, 9.17) is 4.42 Å². The van der Waals surface area contributed by atoms with Gasteiger partial charge < -0.3 is 9.73 Å². The summed E-state index contributed by atoms with van der Waals surface area (Å²) < 4.78 is 17.3. The molecule has 0 radical (unpaired) electrons. The van der Waals surface area contributed by atoms with Crippen LogP contribution in [-0.4, -0.2) is 49.8 Å². The van der Waals surface area contributed by atoms with Gasteiger partial charge in [-0.05, 0) is 54.8 Å². The number of anilines is 1. The number of nitrogens with one attached hydrogen (secondary N) is 1. The topological polar surface area (TPSA) is 88.3 Å². The first-order valence-electron chi connectivity index (χ1n) is 10.6. The van der Waals surface area contributed by atoms with Crippen molar-refractivity contribution >= 4 is 22.4 Å². The zero-order chi connectivity index (χ0) is 21.2. The highest BCUT2D eigenvalue weighted by molar-refractivity contribution is 7.85. The molecule has 2 fully saturated rings. The molecule has 0 unspecified atom stereocenters. The number of aromatic nitrogens is 2. The van der Waals surface area contributed by atoms with Gasteiger partial charge in [0.15, 0.2) is 0 Å². The minimum absolute atomic E-state index is 0.150. The van der Waals surface area contributed by atoms with E-state index < -0.39 is 10.8 Å². The van der Waals surface area contributed by atoms with Crippen molar-refractivity contribution in [2.75, 3.05) is 29.9 Å². The van der Waals surface area contributed by atoms with Crippen molar-refractivity contribution in [1.29, 1.82) is 0 Å². The molecular weight excluding hydrogens is 412 g/mol. The predicted molar refractivity (Wildman–Crippen MR) is 119 cm³/mol. The van der Waals surface area contributed by atoms with Gasteiger partial charge in [-0.15, -0.1) is 10.2 Å². The van der Waals surface area contributed by atoms with E-state index in [9.17, 15) is 9.00 Å². The lowest BCUT2D eigenvalue weighted by molar-refractivity contribution is 0.102. The third-order valence-corrected chi connectivity index (χ3v) is 6.90. The van der Waals surface area contributed by atoms with E-state index in [1.54, 1.807) is 0 Å². The summed E-state index contributed by atoms with van der Waals surface area (Å²) in [7, 11) is -0.685. The number of benzene rings is 2. The van der Waals surface area contributed by atoms with Gasteiger partial charge in [-0.1, -0.05) is 12.1 Å². The average Bonchev–Trinajstić information content (AvgIpc) is 3.53. The molecule has 1 aliphatic heterocycles. The third kappa shape index (κ3) is 4.91.